The fourth-order valence-electron chi connectivity index (χ4n) is 2.90. The van der Waals surface area contributed by atoms with E-state index in [9.17, 15) is 0 Å². The lowest BCUT2D eigenvalue weighted by molar-refractivity contribution is 0.951. The van der Waals surface area contributed by atoms with Crippen LogP contribution in [-0.2, 0) is 6.42 Å². The fourth-order valence-corrected chi connectivity index (χ4v) is 2.90. The quantitative estimate of drug-likeness (QED) is 0.576. The average molecular weight is 275 g/mol. The molecule has 0 aliphatic heterocycles. The molecular formula is C20H21N. The van der Waals surface area contributed by atoms with Crippen LogP contribution < -0.4 is 0 Å². The van der Waals surface area contributed by atoms with E-state index in [-0.39, 0.29) is 0 Å². The molecule has 1 aliphatic carbocycles. The third-order valence-electron chi connectivity index (χ3n) is 3.87. The molecule has 1 nitrogen and oxygen atoms in total. The molecule has 2 aromatic carbocycles. The Morgan fingerprint density at radius 1 is 0.905 bits per heavy atom. The minimum Gasteiger partial charge on any atom is -0.358 e. The zero-order valence-corrected chi connectivity index (χ0v) is 12.7. The summed E-state index contributed by atoms with van der Waals surface area (Å²) >= 11 is 0. The van der Waals surface area contributed by atoms with Gasteiger partial charge in [-0.15, -0.1) is 0 Å². The lowest BCUT2D eigenvalue weighted by Gasteiger charge is -2.03. The molecule has 0 amide bonds. The Morgan fingerprint density at radius 2 is 1.71 bits per heavy atom. The van der Waals surface area contributed by atoms with Gasteiger partial charge in [0.2, 0.25) is 0 Å². The Bertz CT molecular complexity index is 763. The molecular weight excluding hydrogens is 254 g/mol. The topological polar surface area (TPSA) is 15.8 Å². The van der Waals surface area contributed by atoms with Gasteiger partial charge in [0, 0.05) is 22.2 Å². The Kier molecular flexibility index (Phi) is 3.92. The van der Waals surface area contributed by atoms with E-state index in [1.165, 1.54) is 33.3 Å². The molecule has 0 atom stereocenters. The van der Waals surface area contributed by atoms with E-state index in [1.807, 2.05) is 13.8 Å². The predicted molar refractivity (Wildman–Crippen MR) is 92.4 cm³/mol. The number of aromatic amines is 1. The Hall–Kier alpha value is -2.28. The van der Waals surface area contributed by atoms with Crippen LogP contribution in [0.25, 0.3) is 28.1 Å². The summed E-state index contributed by atoms with van der Waals surface area (Å²) < 4.78 is 0. The van der Waals surface area contributed by atoms with Crippen molar-refractivity contribution in [2.75, 3.05) is 0 Å². The number of allylic oxidation sites excluding steroid dienone is 1. The number of rotatable bonds is 1. The van der Waals surface area contributed by atoms with Crippen LogP contribution in [0, 0.1) is 0 Å². The van der Waals surface area contributed by atoms with Gasteiger partial charge < -0.3 is 4.98 Å². The highest BCUT2D eigenvalue weighted by Gasteiger charge is 2.11. The maximum atomic E-state index is 3.57. The van der Waals surface area contributed by atoms with Crippen molar-refractivity contribution in [2.24, 2.45) is 0 Å². The lowest BCUT2D eigenvalue weighted by atomic mass is 10.00. The van der Waals surface area contributed by atoms with Crippen LogP contribution in [0.1, 0.15) is 31.5 Å². The zero-order chi connectivity index (χ0) is 14.7. The third kappa shape index (κ3) is 2.52. The molecule has 4 rings (SSSR count). The van der Waals surface area contributed by atoms with E-state index in [0.717, 1.165) is 12.8 Å². The molecule has 0 radical (unpaired) electrons. The van der Waals surface area contributed by atoms with E-state index in [4.69, 9.17) is 0 Å². The van der Waals surface area contributed by atoms with Gasteiger partial charge in [-0.1, -0.05) is 68.5 Å². The molecule has 0 spiro atoms. The number of nitrogens with one attached hydrogen (secondary N) is 1. The molecule has 0 saturated carbocycles. The third-order valence-corrected chi connectivity index (χ3v) is 3.87. The van der Waals surface area contributed by atoms with Crippen molar-refractivity contribution in [3.05, 3.63) is 65.9 Å². The summed E-state index contributed by atoms with van der Waals surface area (Å²) in [6.07, 6.45) is 6.78. The van der Waals surface area contributed by atoms with Crippen LogP contribution in [0.4, 0.5) is 0 Å². The van der Waals surface area contributed by atoms with E-state index in [1.54, 1.807) is 0 Å². The first-order chi connectivity index (χ1) is 10.4. The van der Waals surface area contributed by atoms with Crippen LogP contribution in [-0.4, -0.2) is 4.98 Å². The van der Waals surface area contributed by atoms with E-state index in [0.29, 0.717) is 0 Å². The summed E-state index contributed by atoms with van der Waals surface area (Å²) in [5.74, 6) is 0. The summed E-state index contributed by atoms with van der Waals surface area (Å²) in [4.78, 5) is 3.57. The molecule has 0 saturated heterocycles. The van der Waals surface area contributed by atoms with Crippen LogP contribution in [0.5, 0.6) is 0 Å². The maximum absolute atomic E-state index is 3.57. The first kappa shape index (κ1) is 13.7. The second kappa shape index (κ2) is 6.01. The van der Waals surface area contributed by atoms with Gasteiger partial charge in [-0.25, -0.2) is 0 Å². The minimum absolute atomic E-state index is 1.13. The van der Waals surface area contributed by atoms with Crippen LogP contribution in [0.3, 0.4) is 0 Å². The molecule has 1 aromatic heterocycles. The molecule has 106 valence electrons. The lowest BCUT2D eigenvalue weighted by Crippen LogP contribution is -1.90. The van der Waals surface area contributed by atoms with Crippen molar-refractivity contribution in [2.45, 2.75) is 26.7 Å². The molecule has 1 N–H and O–H groups in total. The monoisotopic (exact) mass is 275 g/mol. The largest absolute Gasteiger partial charge is 0.358 e. The average Bonchev–Trinajstić information content (AvgIpc) is 2.95. The number of aromatic nitrogens is 1. The summed E-state index contributed by atoms with van der Waals surface area (Å²) in [5.41, 5.74) is 6.55. The minimum atomic E-state index is 1.13. The van der Waals surface area contributed by atoms with Gasteiger partial charge in [-0.3, -0.25) is 0 Å². The van der Waals surface area contributed by atoms with Crippen molar-refractivity contribution >= 4 is 17.0 Å². The second-order valence-corrected chi connectivity index (χ2v) is 5.08. The summed E-state index contributed by atoms with van der Waals surface area (Å²) in [6.45, 7) is 4.00. The standard InChI is InChI=1S/C18H15N.C2H6/c1-2-6-13(7-3-1)14-10-11-16-15-8-4-5-9-17(15)19-18(16)12-14;1-2/h1-4,6-8,10-12,19H,5,9H2;1-2H3. The normalized spacial score (nSPS) is 12.7. The Morgan fingerprint density at radius 3 is 2.52 bits per heavy atom. The number of benzene rings is 2. The van der Waals surface area contributed by atoms with Gasteiger partial charge in [0.05, 0.1) is 0 Å². The van der Waals surface area contributed by atoms with Crippen molar-refractivity contribution in [1.29, 1.82) is 0 Å². The van der Waals surface area contributed by atoms with Crippen LogP contribution >= 0.6 is 0 Å². The number of hydrogen-bond acceptors (Lipinski definition) is 0. The summed E-state index contributed by atoms with van der Waals surface area (Å²) in [6, 6.07) is 17.3. The zero-order valence-electron chi connectivity index (χ0n) is 12.7. The first-order valence-electron chi connectivity index (χ1n) is 7.78. The smallest absolute Gasteiger partial charge is 0.0468 e. The van der Waals surface area contributed by atoms with Crippen molar-refractivity contribution in [1.82, 2.24) is 4.98 Å². The van der Waals surface area contributed by atoms with Crippen LogP contribution in [0.15, 0.2) is 54.6 Å². The molecule has 21 heavy (non-hydrogen) atoms. The van der Waals surface area contributed by atoms with Crippen molar-refractivity contribution in [3.63, 3.8) is 0 Å². The van der Waals surface area contributed by atoms with Gasteiger partial charge in [-0.05, 0) is 30.0 Å². The number of aryl methyl sites for hydroxylation is 1. The molecule has 0 bridgehead atoms. The fraction of sp³-hybridized carbons (Fsp3) is 0.200. The van der Waals surface area contributed by atoms with Gasteiger partial charge in [0.25, 0.3) is 0 Å². The molecule has 0 unspecified atom stereocenters. The van der Waals surface area contributed by atoms with E-state index >= 15 is 0 Å². The molecule has 3 aromatic rings. The SMILES string of the molecule is C1=Cc2c([nH]c3cc(-c4ccccc4)ccc23)CC1.CC. The summed E-state index contributed by atoms with van der Waals surface area (Å²) in [5, 5.41) is 1.34. The highest BCUT2D eigenvalue weighted by molar-refractivity contribution is 5.93. The van der Waals surface area contributed by atoms with Crippen LogP contribution in [0.2, 0.25) is 0 Å². The predicted octanol–water partition coefficient (Wildman–Crippen LogP) is 5.82. The molecule has 1 heterocycles. The van der Waals surface area contributed by atoms with Crippen molar-refractivity contribution in [3.8, 4) is 11.1 Å². The summed E-state index contributed by atoms with van der Waals surface area (Å²) in [7, 11) is 0. The Balaban J connectivity index is 0.000000636. The number of H-pyrrole nitrogens is 1. The molecule has 0 fully saturated rings. The van der Waals surface area contributed by atoms with Gasteiger partial charge in [-0.2, -0.15) is 0 Å². The van der Waals surface area contributed by atoms with E-state index < -0.39 is 0 Å². The second-order valence-electron chi connectivity index (χ2n) is 5.08. The number of hydrogen-bond donors (Lipinski definition) is 1. The first-order valence-corrected chi connectivity index (χ1v) is 7.78. The Labute approximate surface area is 126 Å². The van der Waals surface area contributed by atoms with Crippen molar-refractivity contribution < 1.29 is 0 Å². The number of fused-ring (bicyclic) bond motifs is 3. The molecule has 1 heteroatoms. The maximum Gasteiger partial charge on any atom is 0.0468 e. The highest BCUT2D eigenvalue weighted by Crippen LogP contribution is 2.31. The highest BCUT2D eigenvalue weighted by atomic mass is 14.7. The van der Waals surface area contributed by atoms with Gasteiger partial charge >= 0.3 is 0 Å². The van der Waals surface area contributed by atoms with E-state index in [2.05, 4.69) is 65.7 Å². The van der Waals surface area contributed by atoms with Gasteiger partial charge in [0.1, 0.15) is 0 Å². The molecule has 1 aliphatic rings. The van der Waals surface area contributed by atoms with Gasteiger partial charge in [0.15, 0.2) is 0 Å².